The van der Waals surface area contributed by atoms with Gasteiger partial charge in [0, 0.05) is 39.3 Å². The molecule has 2 saturated heterocycles. The number of hydrogen-bond donors (Lipinski definition) is 0. The van der Waals surface area contributed by atoms with Crippen LogP contribution in [-0.2, 0) is 9.53 Å². The largest absolute Gasteiger partial charge is 0.495 e. The van der Waals surface area contributed by atoms with Crippen molar-refractivity contribution in [3.8, 4) is 5.75 Å². The molecule has 10 heteroatoms. The van der Waals surface area contributed by atoms with Crippen LogP contribution in [0.1, 0.15) is 0 Å². The van der Waals surface area contributed by atoms with Gasteiger partial charge < -0.3 is 24.2 Å². The van der Waals surface area contributed by atoms with Crippen molar-refractivity contribution in [1.29, 1.82) is 0 Å². The average Bonchev–Trinajstić information content (AvgIpc) is 3.27. The van der Waals surface area contributed by atoms with Crippen LogP contribution in [0.2, 0.25) is 0 Å². The van der Waals surface area contributed by atoms with Gasteiger partial charge in [0.15, 0.2) is 4.34 Å². The number of rotatable bonds is 6. The lowest BCUT2D eigenvalue weighted by Crippen LogP contribution is -2.46. The molecule has 1 amide bonds. The predicted molar refractivity (Wildman–Crippen MR) is 115 cm³/mol. The molecule has 2 aliphatic rings. The van der Waals surface area contributed by atoms with Gasteiger partial charge in [-0.15, -0.1) is 10.2 Å². The Morgan fingerprint density at radius 1 is 1.10 bits per heavy atom. The molecule has 2 aliphatic heterocycles. The van der Waals surface area contributed by atoms with Gasteiger partial charge in [0.1, 0.15) is 5.75 Å². The summed E-state index contributed by atoms with van der Waals surface area (Å²) in [5.41, 5.74) is 1.13. The van der Waals surface area contributed by atoms with Crippen LogP contribution in [0.5, 0.6) is 5.75 Å². The summed E-state index contributed by atoms with van der Waals surface area (Å²) in [7, 11) is 1.71. The Bertz CT molecular complexity index is 820. The highest BCUT2D eigenvalue weighted by molar-refractivity contribution is 8.01. The third-order valence-electron chi connectivity index (χ3n) is 5.05. The Morgan fingerprint density at radius 2 is 1.83 bits per heavy atom. The zero-order valence-electron chi connectivity index (χ0n) is 16.5. The monoisotopic (exact) mass is 435 g/mol. The van der Waals surface area contributed by atoms with Gasteiger partial charge >= 0.3 is 0 Å². The van der Waals surface area contributed by atoms with Crippen molar-refractivity contribution in [1.82, 2.24) is 15.1 Å². The van der Waals surface area contributed by atoms with Crippen LogP contribution in [0.15, 0.2) is 28.6 Å². The van der Waals surface area contributed by atoms with Crippen molar-refractivity contribution in [3.05, 3.63) is 24.3 Å². The van der Waals surface area contributed by atoms with Crippen LogP contribution in [0.3, 0.4) is 0 Å². The molecule has 2 aromatic rings. The molecule has 0 radical (unpaired) electrons. The lowest BCUT2D eigenvalue weighted by molar-refractivity contribution is -0.132. The maximum absolute atomic E-state index is 12.3. The van der Waals surface area contributed by atoms with E-state index in [9.17, 15) is 4.79 Å². The number of benzene rings is 1. The fourth-order valence-electron chi connectivity index (χ4n) is 3.45. The first-order valence-corrected chi connectivity index (χ1v) is 11.5. The van der Waals surface area contributed by atoms with Gasteiger partial charge in [-0.1, -0.05) is 35.2 Å². The van der Waals surface area contributed by atoms with Crippen LogP contribution in [0, 0.1) is 0 Å². The van der Waals surface area contributed by atoms with E-state index in [-0.39, 0.29) is 5.91 Å². The topological polar surface area (TPSA) is 71.0 Å². The van der Waals surface area contributed by atoms with Gasteiger partial charge in [-0.2, -0.15) is 0 Å². The summed E-state index contributed by atoms with van der Waals surface area (Å²) < 4.78 is 11.6. The molecule has 1 aromatic carbocycles. The summed E-state index contributed by atoms with van der Waals surface area (Å²) in [6.07, 6.45) is 0. The van der Waals surface area contributed by atoms with E-state index in [0.29, 0.717) is 32.1 Å². The Kier molecular flexibility index (Phi) is 6.73. The number of morpholine rings is 1. The molecule has 0 spiro atoms. The van der Waals surface area contributed by atoms with Gasteiger partial charge in [-0.3, -0.25) is 4.79 Å². The van der Waals surface area contributed by atoms with E-state index < -0.39 is 0 Å². The Morgan fingerprint density at radius 3 is 2.59 bits per heavy atom. The SMILES string of the molecule is COc1ccccc1N1CCN(c2nnc(SCC(=O)N3CCOCC3)s2)CC1. The zero-order valence-corrected chi connectivity index (χ0v) is 18.1. The van der Waals surface area contributed by atoms with Gasteiger partial charge in [0.05, 0.1) is 31.8 Å². The number of para-hydroxylation sites is 2. The van der Waals surface area contributed by atoms with E-state index in [0.717, 1.165) is 47.1 Å². The number of carbonyl (C=O) groups is 1. The van der Waals surface area contributed by atoms with Crippen molar-refractivity contribution >= 4 is 39.8 Å². The minimum absolute atomic E-state index is 0.139. The van der Waals surface area contributed by atoms with E-state index in [4.69, 9.17) is 9.47 Å². The molecule has 3 heterocycles. The van der Waals surface area contributed by atoms with E-state index in [1.165, 1.54) is 11.8 Å². The summed E-state index contributed by atoms with van der Waals surface area (Å²) in [5, 5.41) is 9.54. The Hall–Kier alpha value is -2.04. The van der Waals surface area contributed by atoms with Crippen molar-refractivity contribution < 1.29 is 14.3 Å². The van der Waals surface area contributed by atoms with Gasteiger partial charge in [-0.05, 0) is 12.1 Å². The second-order valence-electron chi connectivity index (χ2n) is 6.78. The Balaban J connectivity index is 1.28. The molecule has 29 heavy (non-hydrogen) atoms. The normalized spacial score (nSPS) is 17.5. The van der Waals surface area contributed by atoms with Crippen LogP contribution in [0.25, 0.3) is 0 Å². The third kappa shape index (κ3) is 4.93. The highest BCUT2D eigenvalue weighted by atomic mass is 32.2. The zero-order chi connectivity index (χ0) is 20.1. The fraction of sp³-hybridized carbons (Fsp3) is 0.526. The molecular formula is C19H25N5O3S2. The smallest absolute Gasteiger partial charge is 0.233 e. The maximum Gasteiger partial charge on any atom is 0.233 e. The number of aromatic nitrogens is 2. The van der Waals surface area contributed by atoms with Crippen molar-refractivity contribution in [2.24, 2.45) is 0 Å². The average molecular weight is 436 g/mol. The summed E-state index contributed by atoms with van der Waals surface area (Å²) in [4.78, 5) is 18.7. The molecule has 8 nitrogen and oxygen atoms in total. The minimum atomic E-state index is 0.139. The number of methoxy groups -OCH3 is 1. The van der Waals surface area contributed by atoms with E-state index >= 15 is 0 Å². The molecule has 0 aliphatic carbocycles. The van der Waals surface area contributed by atoms with Crippen LogP contribution >= 0.6 is 23.1 Å². The first-order valence-electron chi connectivity index (χ1n) is 9.69. The number of piperazine rings is 1. The lowest BCUT2D eigenvalue weighted by atomic mass is 10.2. The molecule has 0 N–H and O–H groups in total. The van der Waals surface area contributed by atoms with Crippen LogP contribution in [0.4, 0.5) is 10.8 Å². The lowest BCUT2D eigenvalue weighted by Gasteiger charge is -2.36. The van der Waals surface area contributed by atoms with Crippen LogP contribution in [-0.4, -0.2) is 86.3 Å². The highest BCUT2D eigenvalue weighted by Crippen LogP contribution is 2.31. The predicted octanol–water partition coefficient (Wildman–Crippen LogP) is 1.82. The van der Waals surface area contributed by atoms with E-state index in [1.54, 1.807) is 18.4 Å². The standard InChI is InChI=1S/C19H25N5O3S2/c1-26-16-5-3-2-4-15(16)22-6-8-24(9-7-22)18-20-21-19(29-18)28-14-17(25)23-10-12-27-13-11-23/h2-5H,6-14H2,1H3. The molecule has 0 saturated carbocycles. The minimum Gasteiger partial charge on any atom is -0.495 e. The van der Waals surface area contributed by atoms with Crippen LogP contribution < -0.4 is 14.5 Å². The fourth-order valence-corrected chi connectivity index (χ4v) is 5.24. The van der Waals surface area contributed by atoms with E-state index in [2.05, 4.69) is 26.1 Å². The molecule has 0 atom stereocenters. The molecule has 156 valence electrons. The first kappa shape index (κ1) is 20.2. The number of ether oxygens (including phenoxy) is 2. The summed E-state index contributed by atoms with van der Waals surface area (Å²) in [6, 6.07) is 8.12. The molecule has 4 rings (SSSR count). The molecule has 1 aromatic heterocycles. The van der Waals surface area contributed by atoms with Crippen molar-refractivity contribution in [3.63, 3.8) is 0 Å². The highest BCUT2D eigenvalue weighted by Gasteiger charge is 2.23. The quantitative estimate of drug-likeness (QED) is 0.637. The number of anilines is 2. The van der Waals surface area contributed by atoms with E-state index in [1.807, 2.05) is 23.1 Å². The number of thioether (sulfide) groups is 1. The first-order chi connectivity index (χ1) is 14.2. The summed E-state index contributed by atoms with van der Waals surface area (Å²) in [6.45, 7) is 6.17. The van der Waals surface area contributed by atoms with Gasteiger partial charge in [0.25, 0.3) is 0 Å². The van der Waals surface area contributed by atoms with Crippen molar-refractivity contribution in [2.75, 3.05) is 75.1 Å². The number of hydrogen-bond acceptors (Lipinski definition) is 9. The van der Waals surface area contributed by atoms with Gasteiger partial charge in [0.2, 0.25) is 11.0 Å². The second-order valence-corrected chi connectivity index (χ2v) is 8.96. The number of carbonyl (C=O) groups excluding carboxylic acids is 1. The summed E-state index contributed by atoms with van der Waals surface area (Å²) >= 11 is 3.03. The molecule has 0 unspecified atom stereocenters. The number of amides is 1. The third-order valence-corrected chi connectivity index (χ3v) is 7.16. The summed E-state index contributed by atoms with van der Waals surface area (Å²) in [5.74, 6) is 1.44. The second kappa shape index (κ2) is 9.64. The molecule has 2 fully saturated rings. The van der Waals surface area contributed by atoms with Gasteiger partial charge in [-0.25, -0.2) is 0 Å². The Labute approximate surface area is 178 Å². The molecular weight excluding hydrogens is 410 g/mol. The van der Waals surface area contributed by atoms with Crippen molar-refractivity contribution in [2.45, 2.75) is 4.34 Å². The number of nitrogens with zero attached hydrogens (tertiary/aromatic N) is 5. The molecule has 0 bridgehead atoms. The maximum atomic E-state index is 12.3.